The van der Waals surface area contributed by atoms with Crippen LogP contribution in [0.4, 0.5) is 0 Å². The third-order valence-corrected chi connectivity index (χ3v) is 22.6. The maximum atomic E-state index is 16.4. The molecule has 0 fully saturated rings. The van der Waals surface area contributed by atoms with Crippen molar-refractivity contribution in [2.75, 3.05) is 6.16 Å². The van der Waals surface area contributed by atoms with Crippen molar-refractivity contribution in [3.63, 3.8) is 0 Å². The molecule has 2 nitrogen and oxygen atoms in total. The molecule has 0 N–H and O–H groups in total. The number of hydrogen-bond donors (Lipinski definition) is 0. The minimum atomic E-state index is -3.83. The fourth-order valence-electron chi connectivity index (χ4n) is 5.52. The van der Waals surface area contributed by atoms with E-state index in [4.69, 9.17) is 4.52 Å². The molecule has 1 atom stereocenters. The van der Waals surface area contributed by atoms with Crippen LogP contribution in [0.25, 0.3) is 0 Å². The van der Waals surface area contributed by atoms with E-state index in [1.165, 1.54) is 0 Å². The third kappa shape index (κ3) is 3.48. The zero-order valence-electron chi connectivity index (χ0n) is 20.4. The quantitative estimate of drug-likeness (QED) is 0.208. The average molecular weight is 509 g/mol. The second kappa shape index (κ2) is 9.90. The molecule has 0 spiro atoms. The Bertz CT molecular complexity index is 1360. The number of benzene rings is 5. The van der Waals surface area contributed by atoms with Crippen LogP contribution >= 0.6 is 13.3 Å². The first kappa shape index (κ1) is 24.3. The molecule has 5 aromatic rings. The van der Waals surface area contributed by atoms with Crippen molar-refractivity contribution >= 4 is 34.6 Å². The Morgan fingerprint density at radius 2 is 0.861 bits per heavy atom. The molecule has 0 saturated carbocycles. The second-order valence-corrected chi connectivity index (χ2v) is 19.5. The Hall–Kier alpha value is -3.44. The fourth-order valence-corrected chi connectivity index (χ4v) is 20.8. The van der Waals surface area contributed by atoms with Crippen LogP contribution in [-0.4, -0.2) is 6.16 Å². The normalized spacial score (nSPS) is 14.2. The number of hydrogen-bond acceptors (Lipinski definition) is 2. The molecule has 0 heterocycles. The van der Waals surface area contributed by atoms with Crippen molar-refractivity contribution in [2.24, 2.45) is 0 Å². The molecule has 36 heavy (non-hydrogen) atoms. The first-order valence-corrected chi connectivity index (χ1v) is 17.0. The summed E-state index contributed by atoms with van der Waals surface area (Å²) < 4.78 is 23.3. The van der Waals surface area contributed by atoms with E-state index in [-0.39, 0.29) is 0 Å². The summed E-state index contributed by atoms with van der Waals surface area (Å²) in [5.74, 6) is 0.606. The first-order chi connectivity index (χ1) is 17.7. The van der Waals surface area contributed by atoms with Gasteiger partial charge in [0, 0.05) is 0 Å². The molecule has 0 radical (unpaired) electrons. The van der Waals surface area contributed by atoms with Gasteiger partial charge in [-0.25, -0.2) is 0 Å². The SMILES string of the molecule is CCP(c1ccccc1)(c1ccccc1)(c1ccccc1)P(=O)(Oc1ccccc1)c1ccccc1. The summed E-state index contributed by atoms with van der Waals surface area (Å²) in [6, 6.07) is 50.7. The van der Waals surface area contributed by atoms with Crippen LogP contribution in [0.3, 0.4) is 0 Å². The van der Waals surface area contributed by atoms with Gasteiger partial charge in [0.1, 0.15) is 0 Å². The zero-order valence-corrected chi connectivity index (χ0v) is 22.1. The monoisotopic (exact) mass is 508 g/mol. The molecule has 0 saturated heterocycles. The molecule has 180 valence electrons. The summed E-state index contributed by atoms with van der Waals surface area (Å²) in [5.41, 5.74) is 0. The van der Waals surface area contributed by atoms with Gasteiger partial charge in [0.2, 0.25) is 0 Å². The van der Waals surface area contributed by atoms with E-state index >= 15 is 4.57 Å². The van der Waals surface area contributed by atoms with Gasteiger partial charge < -0.3 is 0 Å². The van der Waals surface area contributed by atoms with Gasteiger partial charge >= 0.3 is 214 Å². The molecule has 0 aliphatic carbocycles. The average Bonchev–Trinajstić information content (AvgIpc) is 2.97. The van der Waals surface area contributed by atoms with Gasteiger partial charge in [0.15, 0.2) is 0 Å². The first-order valence-electron chi connectivity index (χ1n) is 12.2. The molecule has 0 aromatic heterocycles. The van der Waals surface area contributed by atoms with Crippen LogP contribution in [0.2, 0.25) is 0 Å². The Morgan fingerprint density at radius 3 is 1.22 bits per heavy atom. The van der Waals surface area contributed by atoms with Crippen LogP contribution < -0.4 is 25.7 Å². The Kier molecular flexibility index (Phi) is 6.67. The van der Waals surface area contributed by atoms with Crippen LogP contribution in [0.5, 0.6) is 5.75 Å². The molecule has 0 amide bonds. The van der Waals surface area contributed by atoms with E-state index in [1.807, 2.05) is 78.9 Å². The van der Waals surface area contributed by atoms with E-state index in [1.54, 1.807) is 0 Å². The summed E-state index contributed by atoms with van der Waals surface area (Å²) in [6.07, 6.45) is -3.19. The van der Waals surface area contributed by atoms with Crippen LogP contribution in [-0.2, 0) is 4.57 Å². The molecular weight excluding hydrogens is 478 g/mol. The van der Waals surface area contributed by atoms with Gasteiger partial charge in [-0.2, -0.15) is 0 Å². The molecule has 0 aliphatic heterocycles. The topological polar surface area (TPSA) is 26.3 Å². The van der Waals surface area contributed by atoms with Crippen molar-refractivity contribution in [3.05, 3.63) is 152 Å². The fraction of sp³-hybridized carbons (Fsp3) is 0.0625. The zero-order chi connectivity index (χ0) is 24.9. The molecule has 5 aromatic carbocycles. The molecule has 4 heteroatoms. The van der Waals surface area contributed by atoms with Gasteiger partial charge in [0.25, 0.3) is 0 Å². The Labute approximate surface area is 213 Å². The van der Waals surface area contributed by atoms with E-state index in [9.17, 15) is 0 Å². The van der Waals surface area contributed by atoms with Gasteiger partial charge in [-0.3, -0.25) is 0 Å². The van der Waals surface area contributed by atoms with Crippen molar-refractivity contribution in [1.82, 2.24) is 0 Å². The molecule has 1 unspecified atom stereocenters. The minimum absolute atomic E-state index is 0.606. The van der Waals surface area contributed by atoms with Gasteiger partial charge in [-0.05, 0) is 0 Å². The molecular formula is C32H30O2P2. The summed E-state index contributed by atoms with van der Waals surface area (Å²) in [5, 5.41) is 3.91. The number of para-hydroxylation sites is 1. The van der Waals surface area contributed by atoms with Gasteiger partial charge in [-0.1, -0.05) is 0 Å². The standard InChI is InChI=1S/C32H30O2P2/c1-2-36(30-22-12-5-13-23-30,31-24-14-6-15-25-31,32-26-16-7-17-27-32)35(33,29-20-10-4-11-21-29)34-28-18-8-3-9-19-28/h3-27H,2H2,1H3. The van der Waals surface area contributed by atoms with Gasteiger partial charge in [0.05, 0.1) is 0 Å². The van der Waals surface area contributed by atoms with E-state index in [0.717, 1.165) is 21.2 Å². The van der Waals surface area contributed by atoms with Crippen LogP contribution in [0, 0.1) is 0 Å². The van der Waals surface area contributed by atoms with Crippen molar-refractivity contribution in [2.45, 2.75) is 6.92 Å². The van der Waals surface area contributed by atoms with Crippen molar-refractivity contribution < 1.29 is 9.09 Å². The predicted molar refractivity (Wildman–Crippen MR) is 156 cm³/mol. The summed E-state index contributed by atoms with van der Waals surface area (Å²) in [4.78, 5) is 0. The van der Waals surface area contributed by atoms with Crippen LogP contribution in [0.1, 0.15) is 6.92 Å². The summed E-state index contributed by atoms with van der Waals surface area (Å²) in [7, 11) is -3.70. The van der Waals surface area contributed by atoms with E-state index in [2.05, 4.69) is 79.7 Å². The predicted octanol–water partition coefficient (Wildman–Crippen LogP) is 7.13. The summed E-state index contributed by atoms with van der Waals surface area (Å²) in [6.45, 7) is 2.18. The third-order valence-electron chi connectivity index (χ3n) is 7.19. The molecule has 0 aliphatic rings. The van der Waals surface area contributed by atoms with Crippen LogP contribution in [0.15, 0.2) is 152 Å². The molecule has 5 rings (SSSR count). The Balaban J connectivity index is 2.04. The number of rotatable bonds is 8. The van der Waals surface area contributed by atoms with Gasteiger partial charge in [-0.15, -0.1) is 0 Å². The summed E-state index contributed by atoms with van der Waals surface area (Å²) >= 11 is 0. The maximum absolute atomic E-state index is 16.4. The van der Waals surface area contributed by atoms with Crippen molar-refractivity contribution in [1.29, 1.82) is 0 Å². The van der Waals surface area contributed by atoms with E-state index in [0.29, 0.717) is 11.9 Å². The Morgan fingerprint density at radius 1 is 0.528 bits per heavy atom. The van der Waals surface area contributed by atoms with E-state index < -0.39 is 13.3 Å². The molecule has 0 bridgehead atoms. The van der Waals surface area contributed by atoms with Crippen molar-refractivity contribution in [3.8, 4) is 5.75 Å². The second-order valence-electron chi connectivity index (χ2n) is 8.83.